The quantitative estimate of drug-likeness (QED) is 0.780. The molecule has 2 rings (SSSR count). The smallest absolute Gasteiger partial charge is 0.245 e. The minimum Gasteiger partial charge on any atom is -0.324 e. The lowest BCUT2D eigenvalue weighted by Crippen LogP contribution is -2.37. The van der Waals surface area contributed by atoms with E-state index in [1.807, 2.05) is 0 Å². The van der Waals surface area contributed by atoms with Crippen LogP contribution >= 0.6 is 34.8 Å². The van der Waals surface area contributed by atoms with Gasteiger partial charge < -0.3 is 5.32 Å². The molecule has 0 aromatic heterocycles. The monoisotopic (exact) mass is 420 g/mol. The van der Waals surface area contributed by atoms with Crippen LogP contribution in [0.15, 0.2) is 36.4 Å². The summed E-state index contributed by atoms with van der Waals surface area (Å²) in [6.45, 7) is 1.32. The van der Waals surface area contributed by atoms with Crippen molar-refractivity contribution in [1.82, 2.24) is 0 Å². The summed E-state index contributed by atoms with van der Waals surface area (Å²) in [6.07, 6.45) is 1.02. The van der Waals surface area contributed by atoms with Crippen LogP contribution in [0.4, 0.5) is 11.4 Å². The fourth-order valence-corrected chi connectivity index (χ4v) is 3.79. The first-order valence-corrected chi connectivity index (χ1v) is 10.0. The van der Waals surface area contributed by atoms with Crippen LogP contribution < -0.4 is 9.62 Å². The van der Waals surface area contributed by atoms with E-state index in [0.717, 1.165) is 10.6 Å². The molecule has 0 radical (unpaired) electrons. The molecule has 0 aliphatic heterocycles. The Bertz CT molecular complexity index is 897. The number of hydrogen-bond donors (Lipinski definition) is 1. The van der Waals surface area contributed by atoms with E-state index in [9.17, 15) is 13.2 Å². The van der Waals surface area contributed by atoms with Crippen LogP contribution in [-0.2, 0) is 14.8 Å². The summed E-state index contributed by atoms with van der Waals surface area (Å²) in [5, 5.41) is 3.66. The van der Waals surface area contributed by atoms with Crippen molar-refractivity contribution in [3.8, 4) is 0 Å². The van der Waals surface area contributed by atoms with Crippen LogP contribution in [0.5, 0.6) is 0 Å². The molecule has 134 valence electrons. The zero-order valence-electron chi connectivity index (χ0n) is 13.4. The summed E-state index contributed by atoms with van der Waals surface area (Å²) in [5.41, 5.74) is 1.39. The molecule has 25 heavy (non-hydrogen) atoms. The fraction of sp³-hybridized carbons (Fsp3) is 0.188. The number of carbonyl (C=O) groups excluding carboxylic acids is 1. The molecule has 2 aromatic rings. The van der Waals surface area contributed by atoms with Crippen molar-refractivity contribution >= 4 is 62.1 Å². The molecule has 0 aliphatic rings. The summed E-state index contributed by atoms with van der Waals surface area (Å²) in [5.74, 6) is -0.539. The average Bonchev–Trinajstić information content (AvgIpc) is 2.45. The summed E-state index contributed by atoms with van der Waals surface area (Å²) >= 11 is 17.7. The second-order valence-corrected chi connectivity index (χ2v) is 8.62. The van der Waals surface area contributed by atoms with Gasteiger partial charge in [0.25, 0.3) is 0 Å². The number of hydrogen-bond acceptors (Lipinski definition) is 3. The van der Waals surface area contributed by atoms with E-state index in [1.54, 1.807) is 19.1 Å². The molecule has 0 fully saturated rings. The number of anilines is 2. The molecule has 0 saturated carbocycles. The number of rotatable bonds is 5. The number of benzene rings is 2. The van der Waals surface area contributed by atoms with Gasteiger partial charge in [-0.05, 0) is 42.8 Å². The van der Waals surface area contributed by atoms with Crippen LogP contribution in [0.25, 0.3) is 0 Å². The Balaban J connectivity index is 2.28. The van der Waals surface area contributed by atoms with Gasteiger partial charge in [0.05, 0.1) is 11.9 Å². The number of carbonyl (C=O) groups is 1. The number of halogens is 3. The Morgan fingerprint density at radius 2 is 1.64 bits per heavy atom. The highest BCUT2D eigenvalue weighted by atomic mass is 35.5. The van der Waals surface area contributed by atoms with Gasteiger partial charge in [0.2, 0.25) is 15.9 Å². The first kappa shape index (κ1) is 19.8. The Morgan fingerprint density at radius 3 is 2.20 bits per heavy atom. The number of amides is 1. The Morgan fingerprint density at radius 1 is 1.04 bits per heavy atom. The lowest BCUT2D eigenvalue weighted by Gasteiger charge is -2.24. The van der Waals surface area contributed by atoms with E-state index in [1.165, 1.54) is 24.3 Å². The summed E-state index contributed by atoms with van der Waals surface area (Å²) in [7, 11) is -3.70. The van der Waals surface area contributed by atoms with E-state index >= 15 is 0 Å². The van der Waals surface area contributed by atoms with Crippen LogP contribution in [0, 0.1) is 6.92 Å². The molecule has 0 bridgehead atoms. The van der Waals surface area contributed by atoms with Crippen LogP contribution in [0.3, 0.4) is 0 Å². The van der Waals surface area contributed by atoms with Gasteiger partial charge in [0.1, 0.15) is 6.54 Å². The first-order chi connectivity index (χ1) is 11.6. The van der Waals surface area contributed by atoms with E-state index < -0.39 is 22.5 Å². The van der Waals surface area contributed by atoms with Gasteiger partial charge in [0.15, 0.2) is 0 Å². The standard InChI is InChI=1S/C16H15Cl3N2O3S/c1-10-3-4-11(17)8-15(10)21(25(2,23)24)9-16(22)20-14-6-12(18)5-13(19)7-14/h3-8H,9H2,1-2H3,(H,20,22). The van der Waals surface area contributed by atoms with Gasteiger partial charge in [-0.25, -0.2) is 8.42 Å². The number of nitrogens with one attached hydrogen (secondary N) is 1. The Hall–Kier alpha value is -1.47. The summed E-state index contributed by atoms with van der Waals surface area (Å²) in [6, 6.07) is 9.39. The van der Waals surface area contributed by atoms with Crippen molar-refractivity contribution in [2.24, 2.45) is 0 Å². The van der Waals surface area contributed by atoms with Crippen molar-refractivity contribution in [1.29, 1.82) is 0 Å². The van der Waals surface area contributed by atoms with Crippen molar-refractivity contribution in [3.63, 3.8) is 0 Å². The molecule has 0 atom stereocenters. The maximum Gasteiger partial charge on any atom is 0.245 e. The molecule has 5 nitrogen and oxygen atoms in total. The minimum absolute atomic E-state index is 0.342. The predicted octanol–water partition coefficient (Wildman–Crippen LogP) is 4.36. The summed E-state index contributed by atoms with van der Waals surface area (Å²) in [4.78, 5) is 12.3. The molecule has 1 N–H and O–H groups in total. The maximum absolute atomic E-state index is 12.3. The highest BCUT2D eigenvalue weighted by Gasteiger charge is 2.22. The first-order valence-electron chi connectivity index (χ1n) is 7.06. The number of nitrogens with zero attached hydrogens (tertiary/aromatic N) is 1. The highest BCUT2D eigenvalue weighted by molar-refractivity contribution is 7.92. The predicted molar refractivity (Wildman–Crippen MR) is 103 cm³/mol. The van der Waals surface area contributed by atoms with Crippen molar-refractivity contribution in [2.45, 2.75) is 6.92 Å². The third-order valence-corrected chi connectivity index (χ3v) is 5.07. The summed E-state index contributed by atoms with van der Waals surface area (Å²) < 4.78 is 25.3. The average molecular weight is 422 g/mol. The lowest BCUT2D eigenvalue weighted by atomic mass is 10.2. The van der Waals surface area contributed by atoms with Gasteiger partial charge in [0, 0.05) is 20.8 Å². The van der Waals surface area contributed by atoms with Crippen LogP contribution in [0.2, 0.25) is 15.1 Å². The highest BCUT2D eigenvalue weighted by Crippen LogP contribution is 2.27. The molecule has 0 unspecified atom stereocenters. The maximum atomic E-state index is 12.3. The molecule has 0 aliphatic carbocycles. The molecule has 9 heteroatoms. The zero-order chi connectivity index (χ0) is 18.8. The minimum atomic E-state index is -3.70. The molecule has 2 aromatic carbocycles. The second-order valence-electron chi connectivity index (χ2n) is 5.41. The largest absolute Gasteiger partial charge is 0.324 e. The van der Waals surface area contributed by atoms with Gasteiger partial charge in [-0.3, -0.25) is 9.10 Å². The Labute approximate surface area is 161 Å². The molecule has 0 heterocycles. The zero-order valence-corrected chi connectivity index (χ0v) is 16.5. The van der Waals surface area contributed by atoms with E-state index in [0.29, 0.717) is 32.0 Å². The molecule has 0 saturated heterocycles. The lowest BCUT2D eigenvalue weighted by molar-refractivity contribution is -0.114. The van der Waals surface area contributed by atoms with E-state index in [-0.39, 0.29) is 0 Å². The van der Waals surface area contributed by atoms with Crippen LogP contribution in [0.1, 0.15) is 5.56 Å². The second kappa shape index (κ2) is 7.83. The van der Waals surface area contributed by atoms with Crippen LogP contribution in [-0.4, -0.2) is 27.1 Å². The fourth-order valence-electron chi connectivity index (χ4n) is 2.19. The third-order valence-electron chi connectivity index (χ3n) is 3.27. The van der Waals surface area contributed by atoms with Crippen molar-refractivity contribution < 1.29 is 13.2 Å². The topological polar surface area (TPSA) is 66.5 Å². The Kier molecular flexibility index (Phi) is 6.21. The normalized spacial score (nSPS) is 11.2. The van der Waals surface area contributed by atoms with Gasteiger partial charge in [-0.15, -0.1) is 0 Å². The number of sulfonamides is 1. The van der Waals surface area contributed by atoms with Gasteiger partial charge in [-0.2, -0.15) is 0 Å². The van der Waals surface area contributed by atoms with E-state index in [2.05, 4.69) is 5.32 Å². The number of aryl methyl sites for hydroxylation is 1. The molecule has 1 amide bonds. The SMILES string of the molecule is Cc1ccc(Cl)cc1N(CC(=O)Nc1cc(Cl)cc(Cl)c1)S(C)(=O)=O. The molecular weight excluding hydrogens is 407 g/mol. The van der Waals surface area contributed by atoms with Gasteiger partial charge >= 0.3 is 0 Å². The van der Waals surface area contributed by atoms with Gasteiger partial charge in [-0.1, -0.05) is 40.9 Å². The van der Waals surface area contributed by atoms with Crippen molar-refractivity contribution in [2.75, 3.05) is 22.4 Å². The van der Waals surface area contributed by atoms with E-state index in [4.69, 9.17) is 34.8 Å². The molecular formula is C16H15Cl3N2O3S. The van der Waals surface area contributed by atoms with Crippen molar-refractivity contribution in [3.05, 3.63) is 57.0 Å². The molecule has 0 spiro atoms. The third kappa shape index (κ3) is 5.51.